The first-order chi connectivity index (χ1) is 19.0. The summed E-state index contributed by atoms with van der Waals surface area (Å²) in [6.45, 7) is 0. The number of carbonyl (C=O) groups excluding carboxylic acids is 1. The Bertz CT molecular complexity index is 1290. The highest BCUT2D eigenvalue weighted by molar-refractivity contribution is 6.42. The van der Waals surface area contributed by atoms with E-state index in [1.54, 1.807) is 0 Å². The number of hydrogen-bond donors (Lipinski definition) is 3. The van der Waals surface area contributed by atoms with E-state index in [1.807, 2.05) is 18.2 Å². The van der Waals surface area contributed by atoms with Crippen molar-refractivity contribution in [1.29, 1.82) is 0 Å². The molecule has 1 amide bonds. The highest BCUT2D eigenvalue weighted by atomic mass is 35.5. The number of benzene rings is 3. The summed E-state index contributed by atoms with van der Waals surface area (Å²) in [5.74, 6) is 0.226. The number of fused-ring (bicyclic) bond motifs is 1. The first kappa shape index (κ1) is 26.5. The predicted molar refractivity (Wildman–Crippen MR) is 162 cm³/mol. The summed E-state index contributed by atoms with van der Waals surface area (Å²) in [4.78, 5) is 14.4. The molecule has 3 N–H and O–H groups in total. The van der Waals surface area contributed by atoms with Crippen LogP contribution in [0.3, 0.4) is 0 Å². The molecule has 0 radical (unpaired) electrons. The number of carbonyl (C=O) groups is 1. The third-order valence-corrected chi connectivity index (χ3v) is 9.74. The summed E-state index contributed by atoms with van der Waals surface area (Å²) in [7, 11) is 0. The van der Waals surface area contributed by atoms with E-state index in [4.69, 9.17) is 23.2 Å². The normalized spacial score (nSPS) is 19.9. The molecule has 1 unspecified atom stereocenters. The van der Waals surface area contributed by atoms with Crippen LogP contribution in [0, 0.1) is 11.8 Å². The Labute approximate surface area is 241 Å². The average Bonchev–Trinajstić information content (AvgIpc) is 3.36. The fourth-order valence-electron chi connectivity index (χ4n) is 7.01. The number of anilines is 2. The molecule has 3 aromatic rings. The van der Waals surface area contributed by atoms with Crippen LogP contribution < -0.4 is 16.0 Å². The Hall–Kier alpha value is -2.69. The highest BCUT2D eigenvalue weighted by Gasteiger charge is 2.52. The molecule has 1 heterocycles. The molecule has 2 aliphatic carbocycles. The maximum atomic E-state index is 14.4. The first-order valence-electron chi connectivity index (χ1n) is 14.6. The van der Waals surface area contributed by atoms with Crippen LogP contribution in [-0.4, -0.2) is 11.9 Å². The zero-order valence-corrected chi connectivity index (χ0v) is 23.8. The van der Waals surface area contributed by atoms with Gasteiger partial charge in [-0.1, -0.05) is 104 Å². The van der Waals surface area contributed by atoms with Gasteiger partial charge in [-0.2, -0.15) is 0 Å². The maximum Gasteiger partial charge on any atom is 0.228 e. The van der Waals surface area contributed by atoms with Crippen molar-refractivity contribution < 1.29 is 4.79 Å². The van der Waals surface area contributed by atoms with Gasteiger partial charge in [0.2, 0.25) is 5.91 Å². The molecule has 3 aromatic carbocycles. The summed E-state index contributed by atoms with van der Waals surface area (Å²) in [5, 5.41) is 12.3. The third-order valence-electron chi connectivity index (χ3n) is 9.01. The van der Waals surface area contributed by atoms with Crippen LogP contribution in [0.5, 0.6) is 0 Å². The monoisotopic (exact) mass is 561 g/mol. The van der Waals surface area contributed by atoms with Crippen molar-refractivity contribution in [2.75, 3.05) is 10.6 Å². The topological polar surface area (TPSA) is 53.2 Å². The van der Waals surface area contributed by atoms with Gasteiger partial charge in [-0.25, -0.2) is 0 Å². The van der Waals surface area contributed by atoms with E-state index < -0.39 is 5.66 Å². The fourth-order valence-corrected chi connectivity index (χ4v) is 7.31. The number of amides is 1. The summed E-state index contributed by atoms with van der Waals surface area (Å²) in [5.41, 5.74) is 4.48. The van der Waals surface area contributed by atoms with E-state index in [0.29, 0.717) is 16.0 Å². The molecule has 0 aromatic heterocycles. The van der Waals surface area contributed by atoms with E-state index in [-0.39, 0.29) is 17.9 Å². The Kier molecular flexibility index (Phi) is 7.77. The SMILES string of the molecule is O=C(NC1CCCCC1)C(C1CCCCC1)C1(c2ccc(-c3ccc(Cl)c(Cl)c3)cc2)Nc2ccccc2N1. The predicted octanol–water partition coefficient (Wildman–Crippen LogP) is 9.00. The lowest BCUT2D eigenvalue weighted by molar-refractivity contribution is -0.130. The molecule has 0 bridgehead atoms. The van der Waals surface area contributed by atoms with Gasteiger partial charge in [-0.15, -0.1) is 0 Å². The summed E-state index contributed by atoms with van der Waals surface area (Å²) in [6, 6.07) is 22.9. The molecule has 2 fully saturated rings. The zero-order chi connectivity index (χ0) is 26.8. The van der Waals surface area contributed by atoms with Crippen molar-refractivity contribution in [2.45, 2.75) is 75.9 Å². The zero-order valence-electron chi connectivity index (χ0n) is 22.3. The van der Waals surface area contributed by atoms with Crippen LogP contribution in [0.4, 0.5) is 11.4 Å². The number of hydrogen-bond acceptors (Lipinski definition) is 3. The van der Waals surface area contributed by atoms with Gasteiger partial charge in [0.15, 0.2) is 0 Å². The molecule has 2 saturated carbocycles. The summed E-state index contributed by atoms with van der Waals surface area (Å²) < 4.78 is 0. The van der Waals surface area contributed by atoms with Crippen molar-refractivity contribution in [3.8, 4) is 11.1 Å². The number of nitrogens with one attached hydrogen (secondary N) is 3. The maximum absolute atomic E-state index is 14.4. The molecule has 4 nitrogen and oxygen atoms in total. The van der Waals surface area contributed by atoms with Crippen molar-refractivity contribution in [1.82, 2.24) is 5.32 Å². The average molecular weight is 563 g/mol. The van der Waals surface area contributed by atoms with E-state index in [9.17, 15) is 4.79 Å². The Balaban J connectivity index is 1.40. The minimum Gasteiger partial charge on any atom is -0.357 e. The summed E-state index contributed by atoms with van der Waals surface area (Å²) in [6.07, 6.45) is 11.6. The molecule has 204 valence electrons. The fraction of sp³-hybridized carbons (Fsp3) is 0.424. The van der Waals surface area contributed by atoms with Crippen LogP contribution in [0.25, 0.3) is 11.1 Å². The third kappa shape index (κ3) is 5.38. The molecular weight excluding hydrogens is 525 g/mol. The van der Waals surface area contributed by atoms with E-state index in [0.717, 1.165) is 53.7 Å². The Morgan fingerprint density at radius 1 is 0.744 bits per heavy atom. The Morgan fingerprint density at radius 3 is 1.95 bits per heavy atom. The van der Waals surface area contributed by atoms with Crippen molar-refractivity contribution >= 4 is 40.5 Å². The lowest BCUT2D eigenvalue weighted by Gasteiger charge is -2.44. The van der Waals surface area contributed by atoms with Crippen molar-refractivity contribution in [3.05, 3.63) is 82.3 Å². The smallest absolute Gasteiger partial charge is 0.228 e. The Morgan fingerprint density at radius 2 is 1.33 bits per heavy atom. The van der Waals surface area contributed by atoms with Crippen LogP contribution in [0.2, 0.25) is 10.0 Å². The van der Waals surface area contributed by atoms with Gasteiger partial charge in [-0.3, -0.25) is 4.79 Å². The van der Waals surface area contributed by atoms with Gasteiger partial charge in [0.1, 0.15) is 5.66 Å². The molecule has 3 aliphatic rings. The van der Waals surface area contributed by atoms with Gasteiger partial charge < -0.3 is 16.0 Å². The standard InChI is InChI=1S/C33H37Cl2N3O/c34-27-20-17-24(21-28(27)35)22-15-18-25(19-16-22)33(37-29-13-7-8-14-30(29)38-33)31(23-9-3-1-4-10-23)32(39)36-26-11-5-2-6-12-26/h7-8,13-21,23,26,31,37-38H,1-6,9-12H2,(H,36,39). The molecule has 0 saturated heterocycles. The van der Waals surface area contributed by atoms with Gasteiger partial charge in [0.25, 0.3) is 0 Å². The molecular formula is C33H37Cl2N3O. The lowest BCUT2D eigenvalue weighted by atomic mass is 9.71. The molecule has 6 rings (SSSR count). The summed E-state index contributed by atoms with van der Waals surface area (Å²) >= 11 is 12.5. The van der Waals surface area contributed by atoms with Crippen LogP contribution >= 0.6 is 23.2 Å². The van der Waals surface area contributed by atoms with Crippen molar-refractivity contribution in [2.24, 2.45) is 11.8 Å². The highest BCUT2D eigenvalue weighted by Crippen LogP contribution is 2.49. The molecule has 39 heavy (non-hydrogen) atoms. The number of rotatable bonds is 6. The minimum absolute atomic E-state index is 0.176. The van der Waals surface area contributed by atoms with E-state index in [2.05, 4.69) is 64.5 Å². The first-order valence-corrected chi connectivity index (χ1v) is 15.3. The number of halogens is 2. The molecule has 0 spiro atoms. The second-order valence-corrected chi connectivity index (χ2v) is 12.3. The molecule has 1 atom stereocenters. The second kappa shape index (κ2) is 11.4. The number of para-hydroxylation sites is 2. The van der Waals surface area contributed by atoms with Gasteiger partial charge >= 0.3 is 0 Å². The molecule has 6 heteroatoms. The van der Waals surface area contributed by atoms with Crippen LogP contribution in [-0.2, 0) is 10.5 Å². The van der Waals surface area contributed by atoms with Gasteiger partial charge in [-0.05, 0) is 72.6 Å². The van der Waals surface area contributed by atoms with Gasteiger partial charge in [0.05, 0.1) is 27.3 Å². The molecule has 1 aliphatic heterocycles. The van der Waals surface area contributed by atoms with Crippen LogP contribution in [0.15, 0.2) is 66.7 Å². The second-order valence-electron chi connectivity index (χ2n) is 11.5. The van der Waals surface area contributed by atoms with E-state index in [1.165, 1.54) is 38.5 Å². The lowest BCUT2D eigenvalue weighted by Crippen LogP contribution is -2.56. The van der Waals surface area contributed by atoms with Gasteiger partial charge in [0, 0.05) is 6.04 Å². The van der Waals surface area contributed by atoms with Crippen molar-refractivity contribution in [3.63, 3.8) is 0 Å². The van der Waals surface area contributed by atoms with Crippen LogP contribution in [0.1, 0.15) is 69.8 Å². The minimum atomic E-state index is -0.736. The van der Waals surface area contributed by atoms with E-state index >= 15 is 0 Å². The largest absolute Gasteiger partial charge is 0.357 e. The quantitative estimate of drug-likeness (QED) is 0.281.